The van der Waals surface area contributed by atoms with Crippen molar-refractivity contribution in [2.45, 2.75) is 39.0 Å². The number of halogens is 2. The van der Waals surface area contributed by atoms with E-state index >= 15 is 0 Å². The van der Waals surface area contributed by atoms with Gasteiger partial charge in [-0.25, -0.2) is 4.39 Å². The lowest BCUT2D eigenvalue weighted by Crippen LogP contribution is -2.08. The molecule has 1 atom stereocenters. The fourth-order valence-corrected chi connectivity index (χ4v) is 2.92. The van der Waals surface area contributed by atoms with Gasteiger partial charge in [0.15, 0.2) is 0 Å². The maximum absolute atomic E-state index is 13.1. The van der Waals surface area contributed by atoms with Gasteiger partial charge in [0, 0.05) is 4.47 Å². The molecule has 0 heterocycles. The van der Waals surface area contributed by atoms with E-state index in [9.17, 15) is 4.39 Å². The van der Waals surface area contributed by atoms with Gasteiger partial charge >= 0.3 is 0 Å². The van der Waals surface area contributed by atoms with Gasteiger partial charge in [-0.3, -0.25) is 0 Å². The Hall–Kier alpha value is -0.370. The van der Waals surface area contributed by atoms with Crippen LogP contribution in [0.4, 0.5) is 4.39 Å². The molecule has 0 unspecified atom stereocenters. The van der Waals surface area contributed by atoms with Crippen LogP contribution < -0.4 is 0 Å². The van der Waals surface area contributed by atoms with Gasteiger partial charge in [0.1, 0.15) is 5.82 Å². The molecular weight excluding hydrogens is 267 g/mol. The highest BCUT2D eigenvalue weighted by molar-refractivity contribution is 9.10. The summed E-state index contributed by atoms with van der Waals surface area (Å²) in [5.41, 5.74) is 1.27. The predicted octanol–water partition coefficient (Wildman–Crippen LogP) is 5.13. The first-order chi connectivity index (χ1) is 7.58. The first kappa shape index (κ1) is 12.1. The van der Waals surface area contributed by atoms with Crippen molar-refractivity contribution in [2.75, 3.05) is 0 Å². The van der Waals surface area contributed by atoms with Crippen LogP contribution >= 0.6 is 15.9 Å². The minimum Gasteiger partial charge on any atom is -0.207 e. The van der Waals surface area contributed by atoms with Gasteiger partial charge in [0.05, 0.1) is 0 Å². The van der Waals surface area contributed by atoms with Crippen LogP contribution in [-0.2, 0) is 0 Å². The summed E-state index contributed by atoms with van der Waals surface area (Å²) in [5, 5.41) is 0. The van der Waals surface area contributed by atoms with Crippen molar-refractivity contribution < 1.29 is 4.39 Å². The van der Waals surface area contributed by atoms with Crippen molar-refractivity contribution in [3.05, 3.63) is 34.1 Å². The number of rotatable bonds is 4. The van der Waals surface area contributed by atoms with E-state index in [1.54, 1.807) is 12.1 Å². The van der Waals surface area contributed by atoms with E-state index in [1.807, 2.05) is 6.07 Å². The monoisotopic (exact) mass is 284 g/mol. The summed E-state index contributed by atoms with van der Waals surface area (Å²) in [6.07, 6.45) is 4.01. The van der Waals surface area contributed by atoms with Gasteiger partial charge in [0.2, 0.25) is 0 Å². The molecule has 1 aliphatic carbocycles. The molecule has 1 aromatic rings. The van der Waals surface area contributed by atoms with Gasteiger partial charge in [-0.15, -0.1) is 0 Å². The van der Waals surface area contributed by atoms with E-state index in [0.717, 1.165) is 10.4 Å². The average molecular weight is 285 g/mol. The summed E-state index contributed by atoms with van der Waals surface area (Å²) in [5.74, 6) is 1.92. The predicted molar refractivity (Wildman–Crippen MR) is 69.0 cm³/mol. The van der Waals surface area contributed by atoms with Gasteiger partial charge in [-0.2, -0.15) is 0 Å². The molecule has 0 amide bonds. The van der Waals surface area contributed by atoms with Crippen LogP contribution in [0.1, 0.15) is 44.6 Å². The van der Waals surface area contributed by atoms with Gasteiger partial charge < -0.3 is 0 Å². The van der Waals surface area contributed by atoms with Crippen molar-refractivity contribution in [3.63, 3.8) is 0 Å². The Morgan fingerprint density at radius 1 is 1.38 bits per heavy atom. The Morgan fingerprint density at radius 3 is 2.56 bits per heavy atom. The Kier molecular flexibility index (Phi) is 3.68. The molecule has 0 aromatic heterocycles. The molecule has 88 valence electrons. The number of hydrogen-bond donors (Lipinski definition) is 0. The number of benzene rings is 1. The molecule has 1 aromatic carbocycles. The lowest BCUT2D eigenvalue weighted by Gasteiger charge is -2.22. The fraction of sp³-hybridized carbons (Fsp3) is 0.571. The van der Waals surface area contributed by atoms with Crippen LogP contribution in [0, 0.1) is 17.7 Å². The van der Waals surface area contributed by atoms with Crippen LogP contribution in [0.2, 0.25) is 0 Å². The second kappa shape index (κ2) is 4.87. The SMILES string of the molecule is CC(C)[C@@H](CC1CC1)c1ccc(F)cc1Br. The maximum atomic E-state index is 13.1. The third-order valence-corrected chi connectivity index (χ3v) is 4.14. The normalized spacial score (nSPS) is 17.8. The number of hydrogen-bond acceptors (Lipinski definition) is 0. The molecule has 2 heteroatoms. The first-order valence-electron chi connectivity index (χ1n) is 6.03. The molecule has 0 nitrogen and oxygen atoms in total. The van der Waals surface area contributed by atoms with Crippen LogP contribution in [0.15, 0.2) is 22.7 Å². The van der Waals surface area contributed by atoms with E-state index in [4.69, 9.17) is 0 Å². The van der Waals surface area contributed by atoms with Crippen LogP contribution in [0.3, 0.4) is 0 Å². The second-order valence-corrected chi connectivity index (χ2v) is 6.05. The second-order valence-electron chi connectivity index (χ2n) is 5.20. The average Bonchev–Trinajstić information content (AvgIpc) is 2.98. The largest absolute Gasteiger partial charge is 0.207 e. The molecule has 0 saturated heterocycles. The van der Waals surface area contributed by atoms with E-state index in [-0.39, 0.29) is 5.82 Å². The molecule has 2 rings (SSSR count). The Morgan fingerprint density at radius 2 is 2.06 bits per heavy atom. The Labute approximate surface area is 105 Å². The van der Waals surface area contributed by atoms with Gasteiger partial charge in [-0.05, 0) is 41.9 Å². The highest BCUT2D eigenvalue weighted by atomic mass is 79.9. The molecule has 0 spiro atoms. The third-order valence-electron chi connectivity index (χ3n) is 3.45. The summed E-state index contributed by atoms with van der Waals surface area (Å²) in [4.78, 5) is 0. The van der Waals surface area contributed by atoms with Crippen molar-refractivity contribution in [1.82, 2.24) is 0 Å². The Bertz CT molecular complexity index is 369. The van der Waals surface area contributed by atoms with Crippen molar-refractivity contribution >= 4 is 15.9 Å². The maximum Gasteiger partial charge on any atom is 0.124 e. The van der Waals surface area contributed by atoms with Gasteiger partial charge in [0.25, 0.3) is 0 Å². The molecule has 1 saturated carbocycles. The molecule has 16 heavy (non-hydrogen) atoms. The summed E-state index contributed by atoms with van der Waals surface area (Å²) < 4.78 is 14.0. The molecule has 1 aliphatic rings. The lowest BCUT2D eigenvalue weighted by atomic mass is 9.84. The van der Waals surface area contributed by atoms with Crippen LogP contribution in [0.5, 0.6) is 0 Å². The smallest absolute Gasteiger partial charge is 0.124 e. The van der Waals surface area contributed by atoms with Crippen molar-refractivity contribution in [2.24, 2.45) is 11.8 Å². The standard InChI is InChI=1S/C14H18BrF/c1-9(2)13(7-10-3-4-10)12-6-5-11(16)8-14(12)15/h5-6,8-10,13H,3-4,7H2,1-2H3/t13-/m1/s1. The summed E-state index contributed by atoms with van der Waals surface area (Å²) in [6.45, 7) is 4.51. The topological polar surface area (TPSA) is 0 Å². The zero-order valence-corrected chi connectivity index (χ0v) is 11.4. The van der Waals surface area contributed by atoms with E-state index in [0.29, 0.717) is 11.8 Å². The molecule has 0 bridgehead atoms. The van der Waals surface area contributed by atoms with Crippen LogP contribution in [-0.4, -0.2) is 0 Å². The fourth-order valence-electron chi connectivity index (χ4n) is 2.27. The lowest BCUT2D eigenvalue weighted by molar-refractivity contribution is 0.443. The molecule has 1 fully saturated rings. The van der Waals surface area contributed by atoms with Gasteiger partial charge in [-0.1, -0.05) is 48.7 Å². The minimum atomic E-state index is -0.162. The molecule has 0 radical (unpaired) electrons. The Balaban J connectivity index is 2.22. The van der Waals surface area contributed by atoms with Crippen molar-refractivity contribution in [3.8, 4) is 0 Å². The van der Waals surface area contributed by atoms with E-state index in [1.165, 1.54) is 24.8 Å². The summed E-state index contributed by atoms with van der Waals surface area (Å²) in [6, 6.07) is 5.09. The zero-order valence-electron chi connectivity index (χ0n) is 9.84. The van der Waals surface area contributed by atoms with Crippen molar-refractivity contribution in [1.29, 1.82) is 0 Å². The highest BCUT2D eigenvalue weighted by Gasteiger charge is 2.28. The molecule has 0 aliphatic heterocycles. The minimum absolute atomic E-state index is 0.162. The third kappa shape index (κ3) is 2.85. The van der Waals surface area contributed by atoms with E-state index < -0.39 is 0 Å². The molecule has 0 N–H and O–H groups in total. The zero-order chi connectivity index (χ0) is 11.7. The molecular formula is C14H18BrF. The van der Waals surface area contributed by atoms with Crippen LogP contribution in [0.25, 0.3) is 0 Å². The van der Waals surface area contributed by atoms with E-state index in [2.05, 4.69) is 29.8 Å². The summed E-state index contributed by atoms with van der Waals surface area (Å²) >= 11 is 3.49. The first-order valence-corrected chi connectivity index (χ1v) is 6.82. The quantitative estimate of drug-likeness (QED) is 0.719. The highest BCUT2D eigenvalue weighted by Crippen LogP contribution is 2.43. The summed E-state index contributed by atoms with van der Waals surface area (Å²) in [7, 11) is 0.